The molecule has 1 fully saturated rings. The molecule has 1 saturated heterocycles. The molecule has 1 heterocycles. The van der Waals surface area contributed by atoms with Gasteiger partial charge in [0.2, 0.25) is 10.0 Å². The van der Waals surface area contributed by atoms with Crippen LogP contribution < -0.4 is 4.72 Å². The van der Waals surface area contributed by atoms with E-state index in [0.29, 0.717) is 13.2 Å². The van der Waals surface area contributed by atoms with Gasteiger partial charge in [0.25, 0.3) is 0 Å². The third kappa shape index (κ3) is 4.61. The van der Waals surface area contributed by atoms with Gasteiger partial charge in [0.05, 0.1) is 18.2 Å². The van der Waals surface area contributed by atoms with Gasteiger partial charge >= 0.3 is 0 Å². The maximum atomic E-state index is 13.2. The van der Waals surface area contributed by atoms with Gasteiger partial charge in [-0.15, -0.1) is 0 Å². The first kappa shape index (κ1) is 19.3. The molecule has 0 bridgehead atoms. The van der Waals surface area contributed by atoms with Crippen LogP contribution in [0.25, 0.3) is 0 Å². The SMILES string of the molecule is O=S(=O)(NCC(c1ccccc1)N1CCOCC1)c1ccc(F)cc1Cl. The molecule has 1 N–H and O–H groups in total. The number of rotatable bonds is 6. The summed E-state index contributed by atoms with van der Waals surface area (Å²) in [4.78, 5) is 2.06. The van der Waals surface area contributed by atoms with Gasteiger partial charge in [0.1, 0.15) is 10.7 Å². The van der Waals surface area contributed by atoms with Crippen LogP contribution in [0.3, 0.4) is 0 Å². The van der Waals surface area contributed by atoms with Crippen LogP contribution in [0.5, 0.6) is 0 Å². The molecule has 8 heteroatoms. The van der Waals surface area contributed by atoms with E-state index in [4.69, 9.17) is 16.3 Å². The molecule has 2 aromatic rings. The standard InChI is InChI=1S/C18H20ClFN2O3S/c19-16-12-15(20)6-7-18(16)26(23,24)21-13-17(14-4-2-1-3-5-14)22-8-10-25-11-9-22/h1-7,12,17,21H,8-11,13H2. The van der Waals surface area contributed by atoms with Crippen molar-refractivity contribution in [1.82, 2.24) is 9.62 Å². The van der Waals surface area contributed by atoms with Crippen LogP contribution in [-0.4, -0.2) is 46.2 Å². The number of benzene rings is 2. The van der Waals surface area contributed by atoms with E-state index in [1.54, 1.807) is 0 Å². The van der Waals surface area contributed by atoms with Gasteiger partial charge in [-0.05, 0) is 23.8 Å². The van der Waals surface area contributed by atoms with Crippen molar-refractivity contribution in [2.24, 2.45) is 0 Å². The Kier molecular flexibility index (Phi) is 6.26. The number of nitrogens with zero attached hydrogens (tertiary/aromatic N) is 1. The molecular formula is C18H20ClFN2O3S. The van der Waals surface area contributed by atoms with Crippen molar-refractivity contribution in [3.05, 3.63) is 64.9 Å². The second kappa shape index (κ2) is 8.45. The molecule has 0 amide bonds. The fourth-order valence-corrected chi connectivity index (χ4v) is 4.55. The smallest absolute Gasteiger partial charge is 0.242 e. The predicted octanol–water partition coefficient (Wildman–Crippen LogP) is 2.83. The van der Waals surface area contributed by atoms with Gasteiger partial charge in [-0.25, -0.2) is 17.5 Å². The number of hydrogen-bond acceptors (Lipinski definition) is 4. The number of nitrogens with one attached hydrogen (secondary N) is 1. The average molecular weight is 399 g/mol. The van der Waals surface area contributed by atoms with Gasteiger partial charge in [-0.3, -0.25) is 4.90 Å². The summed E-state index contributed by atoms with van der Waals surface area (Å²) in [7, 11) is -3.86. The highest BCUT2D eigenvalue weighted by Gasteiger charge is 2.26. The molecule has 1 unspecified atom stereocenters. The van der Waals surface area contributed by atoms with Crippen LogP contribution >= 0.6 is 11.6 Å². The third-order valence-electron chi connectivity index (χ3n) is 4.32. The molecule has 0 aromatic heterocycles. The van der Waals surface area contributed by atoms with Crippen LogP contribution in [0.4, 0.5) is 4.39 Å². The van der Waals surface area contributed by atoms with Crippen LogP contribution in [0.2, 0.25) is 5.02 Å². The maximum Gasteiger partial charge on any atom is 0.242 e. The van der Waals surface area contributed by atoms with Gasteiger partial charge in [0.15, 0.2) is 0 Å². The summed E-state index contributed by atoms with van der Waals surface area (Å²) in [6, 6.07) is 12.8. The lowest BCUT2D eigenvalue weighted by atomic mass is 10.1. The second-order valence-corrected chi connectivity index (χ2v) is 8.14. The molecular weight excluding hydrogens is 379 g/mol. The number of hydrogen-bond donors (Lipinski definition) is 1. The van der Waals surface area contributed by atoms with E-state index in [-0.39, 0.29) is 22.5 Å². The first-order valence-corrected chi connectivity index (χ1v) is 10.1. The summed E-state index contributed by atoms with van der Waals surface area (Å²) in [5, 5.41) is -0.139. The van der Waals surface area contributed by atoms with Gasteiger partial charge in [-0.1, -0.05) is 41.9 Å². The lowest BCUT2D eigenvalue weighted by molar-refractivity contribution is 0.0172. The van der Waals surface area contributed by atoms with Crippen molar-refractivity contribution in [3.63, 3.8) is 0 Å². The Hall–Kier alpha value is -1.51. The van der Waals surface area contributed by atoms with Gasteiger partial charge in [-0.2, -0.15) is 0 Å². The van der Waals surface area contributed by atoms with E-state index >= 15 is 0 Å². The quantitative estimate of drug-likeness (QED) is 0.812. The highest BCUT2D eigenvalue weighted by molar-refractivity contribution is 7.89. The summed E-state index contributed by atoms with van der Waals surface area (Å²) in [5.74, 6) is -0.579. The first-order chi connectivity index (χ1) is 12.5. The molecule has 0 saturated carbocycles. The van der Waals surface area contributed by atoms with Gasteiger partial charge in [0, 0.05) is 25.7 Å². The van der Waals surface area contributed by atoms with Crippen LogP contribution in [0.1, 0.15) is 11.6 Å². The zero-order valence-electron chi connectivity index (χ0n) is 14.1. The highest BCUT2D eigenvalue weighted by atomic mass is 35.5. The first-order valence-electron chi connectivity index (χ1n) is 8.29. The molecule has 1 aliphatic heterocycles. The normalized spacial score (nSPS) is 17.2. The van der Waals surface area contributed by atoms with Crippen LogP contribution in [0, 0.1) is 5.82 Å². The molecule has 0 spiro atoms. The predicted molar refractivity (Wildman–Crippen MR) is 98.2 cm³/mol. The topological polar surface area (TPSA) is 58.6 Å². The average Bonchev–Trinajstić information content (AvgIpc) is 2.63. The monoisotopic (exact) mass is 398 g/mol. The molecule has 3 rings (SSSR count). The summed E-state index contributed by atoms with van der Waals surface area (Å²) in [5.41, 5.74) is 1.02. The Bertz CT molecular complexity index is 843. The van der Waals surface area contributed by atoms with Crippen LogP contribution in [0.15, 0.2) is 53.4 Å². The zero-order chi connectivity index (χ0) is 18.6. The number of halogens is 2. The van der Waals surface area contributed by atoms with E-state index in [0.717, 1.165) is 30.8 Å². The Labute approximate surface area is 157 Å². The van der Waals surface area contributed by atoms with Crippen molar-refractivity contribution in [2.75, 3.05) is 32.8 Å². The van der Waals surface area contributed by atoms with E-state index < -0.39 is 15.8 Å². The highest BCUT2D eigenvalue weighted by Crippen LogP contribution is 2.24. The van der Waals surface area contributed by atoms with E-state index in [1.807, 2.05) is 30.3 Å². The molecule has 1 aliphatic rings. The van der Waals surface area contributed by atoms with Crippen molar-refractivity contribution in [3.8, 4) is 0 Å². The van der Waals surface area contributed by atoms with Crippen molar-refractivity contribution in [1.29, 1.82) is 0 Å². The Morgan fingerprint density at radius 3 is 2.50 bits per heavy atom. The summed E-state index contributed by atoms with van der Waals surface area (Å²) < 4.78 is 46.4. The Morgan fingerprint density at radius 2 is 1.85 bits per heavy atom. The van der Waals surface area contributed by atoms with E-state index in [1.165, 1.54) is 6.07 Å². The van der Waals surface area contributed by atoms with E-state index in [9.17, 15) is 12.8 Å². The van der Waals surface area contributed by atoms with Crippen molar-refractivity contribution >= 4 is 21.6 Å². The Balaban J connectivity index is 1.80. The van der Waals surface area contributed by atoms with E-state index in [2.05, 4.69) is 9.62 Å². The Morgan fingerprint density at radius 1 is 1.15 bits per heavy atom. The second-order valence-electron chi connectivity index (χ2n) is 6.00. The summed E-state index contributed by atoms with van der Waals surface area (Å²) in [6.07, 6.45) is 0. The zero-order valence-corrected chi connectivity index (χ0v) is 15.6. The summed E-state index contributed by atoms with van der Waals surface area (Å²) in [6.45, 7) is 2.84. The third-order valence-corrected chi connectivity index (χ3v) is 6.23. The minimum atomic E-state index is -3.86. The molecule has 140 valence electrons. The van der Waals surface area contributed by atoms with Gasteiger partial charge < -0.3 is 4.74 Å². The molecule has 5 nitrogen and oxygen atoms in total. The molecule has 1 atom stereocenters. The fourth-order valence-electron chi connectivity index (χ4n) is 2.98. The lowest BCUT2D eigenvalue weighted by Gasteiger charge is -2.34. The molecule has 26 heavy (non-hydrogen) atoms. The number of ether oxygens (including phenoxy) is 1. The minimum absolute atomic E-state index is 0.130. The number of morpholine rings is 1. The number of sulfonamides is 1. The van der Waals surface area contributed by atoms with Crippen molar-refractivity contribution < 1.29 is 17.5 Å². The maximum absolute atomic E-state index is 13.2. The lowest BCUT2D eigenvalue weighted by Crippen LogP contribution is -2.43. The van der Waals surface area contributed by atoms with Crippen LogP contribution in [-0.2, 0) is 14.8 Å². The summed E-state index contributed by atoms with van der Waals surface area (Å²) >= 11 is 5.91. The minimum Gasteiger partial charge on any atom is -0.379 e. The fraction of sp³-hybridized carbons (Fsp3) is 0.333. The largest absolute Gasteiger partial charge is 0.379 e. The molecule has 0 radical (unpaired) electrons. The van der Waals surface area contributed by atoms with Crippen molar-refractivity contribution in [2.45, 2.75) is 10.9 Å². The molecule has 0 aliphatic carbocycles. The molecule has 2 aromatic carbocycles.